The molecule has 1 aliphatic rings. The Kier molecular flexibility index (Phi) is 17.1. The summed E-state index contributed by atoms with van der Waals surface area (Å²) in [4.78, 5) is 19.6. The number of aryl methyl sites for hydroxylation is 1. The zero-order valence-electron chi connectivity index (χ0n) is 25.9. The molecular formula is C35H45ClN6O2. The summed E-state index contributed by atoms with van der Waals surface area (Å²) >= 11 is 4.64. The highest BCUT2D eigenvalue weighted by Gasteiger charge is 2.28. The summed E-state index contributed by atoms with van der Waals surface area (Å²) in [6.07, 6.45) is 14.9. The van der Waals surface area contributed by atoms with Gasteiger partial charge in [-0.3, -0.25) is 4.79 Å². The Hall–Kier alpha value is -4.00. The molecule has 0 bridgehead atoms. The van der Waals surface area contributed by atoms with Crippen LogP contribution in [0.4, 0.5) is 0 Å². The molecule has 1 saturated heterocycles. The van der Waals surface area contributed by atoms with Crippen LogP contribution in [0.25, 0.3) is 11.4 Å². The average Bonchev–Trinajstić information content (AvgIpc) is 3.54. The number of carbonyl (C=O) groups is 1. The Morgan fingerprint density at radius 2 is 1.82 bits per heavy atom. The van der Waals surface area contributed by atoms with E-state index < -0.39 is 0 Å². The van der Waals surface area contributed by atoms with E-state index in [0.29, 0.717) is 60.9 Å². The van der Waals surface area contributed by atoms with Gasteiger partial charge in [0.25, 0.3) is 0 Å². The molecule has 0 aliphatic carbocycles. The minimum atomic E-state index is 0.311. The molecule has 0 saturated carbocycles. The van der Waals surface area contributed by atoms with Crippen molar-refractivity contribution in [2.75, 3.05) is 39.7 Å². The predicted molar refractivity (Wildman–Crippen MR) is 182 cm³/mol. The highest BCUT2D eigenvalue weighted by molar-refractivity contribution is 6.15. The number of nitrogens with zero attached hydrogens (tertiary/aromatic N) is 2. The molecule has 0 spiro atoms. The number of hydrogen-bond donors (Lipinski definition) is 4. The van der Waals surface area contributed by atoms with Gasteiger partial charge < -0.3 is 26.8 Å². The van der Waals surface area contributed by atoms with Gasteiger partial charge in [0.1, 0.15) is 6.29 Å². The maximum Gasteiger partial charge on any atom is 0.175 e. The third-order valence-electron chi connectivity index (χ3n) is 7.03. The second-order valence-corrected chi connectivity index (χ2v) is 10.1. The molecule has 3 aromatic rings. The topological polar surface area (TPSA) is 128 Å². The molecule has 234 valence electrons. The van der Waals surface area contributed by atoms with Crippen LogP contribution in [-0.4, -0.2) is 62.0 Å². The van der Waals surface area contributed by atoms with E-state index >= 15 is 0 Å². The first-order valence-corrected chi connectivity index (χ1v) is 15.3. The molecule has 1 fully saturated rings. The number of ether oxygens (including phenoxy) is 1. The Labute approximate surface area is 267 Å². The lowest BCUT2D eigenvalue weighted by Gasteiger charge is -2.20. The van der Waals surface area contributed by atoms with Crippen LogP contribution in [0, 0.1) is 19.3 Å². The Bertz CT molecular complexity index is 1350. The van der Waals surface area contributed by atoms with Gasteiger partial charge in [-0.25, -0.2) is 9.97 Å². The van der Waals surface area contributed by atoms with Gasteiger partial charge in [0.15, 0.2) is 5.82 Å². The largest absolute Gasteiger partial charge is 0.398 e. The summed E-state index contributed by atoms with van der Waals surface area (Å²) in [6.45, 7) is 5.05. The minimum absolute atomic E-state index is 0.311. The van der Waals surface area contributed by atoms with Gasteiger partial charge in [0.2, 0.25) is 0 Å². The van der Waals surface area contributed by atoms with Crippen molar-refractivity contribution in [3.63, 3.8) is 0 Å². The lowest BCUT2D eigenvalue weighted by molar-refractivity contribution is 0.110. The molecule has 4 rings (SSSR count). The number of nitrogens with two attached hydrogens (primary N) is 2. The standard InChI is InChI=1S/C30H35N5O2.C4H7N.CH3Cl/c1-21-5-9-23(10-6-21)26-13-16-33-28(26)20-37-17-2-4-25(29(32)30-34-14-3-15-35-30)18-27(31)24-11-7-22(19-36)8-12-24;1-3-4-5-2;1-2/h3,5-12,14-15,18-19,26,28,33H,2,4,13,16-17,20,31-32H2,1H3;1,5H,4H2,2H3;1H3/b27-18-,29-25-;;/t26-,28?;;/m1../s1. The summed E-state index contributed by atoms with van der Waals surface area (Å²) in [6, 6.07) is 18.0. The number of terminal acetylenes is 1. The number of rotatable bonds is 12. The van der Waals surface area contributed by atoms with E-state index in [0.717, 1.165) is 36.8 Å². The second kappa shape index (κ2) is 20.8. The monoisotopic (exact) mass is 616 g/mol. The van der Waals surface area contributed by atoms with Crippen LogP contribution in [0.2, 0.25) is 0 Å². The average molecular weight is 617 g/mol. The summed E-state index contributed by atoms with van der Waals surface area (Å²) in [7, 11) is 1.82. The van der Waals surface area contributed by atoms with Gasteiger partial charge in [0, 0.05) is 48.6 Å². The molecular weight excluding hydrogens is 572 g/mol. The normalized spacial score (nSPS) is 16.4. The number of carbonyl (C=O) groups excluding carboxylic acids is 1. The first-order valence-electron chi connectivity index (χ1n) is 14.6. The van der Waals surface area contributed by atoms with Crippen LogP contribution in [-0.2, 0) is 4.74 Å². The highest BCUT2D eigenvalue weighted by Crippen LogP contribution is 2.28. The van der Waals surface area contributed by atoms with Crippen LogP contribution >= 0.6 is 11.6 Å². The Morgan fingerprint density at radius 3 is 2.41 bits per heavy atom. The van der Waals surface area contributed by atoms with Crippen molar-refractivity contribution in [1.82, 2.24) is 20.6 Å². The van der Waals surface area contributed by atoms with Crippen LogP contribution in [0.5, 0.6) is 0 Å². The molecule has 1 unspecified atom stereocenters. The van der Waals surface area contributed by atoms with Crippen molar-refractivity contribution in [3.05, 3.63) is 107 Å². The van der Waals surface area contributed by atoms with Crippen molar-refractivity contribution in [3.8, 4) is 12.3 Å². The lowest BCUT2D eigenvalue weighted by atomic mass is 9.92. The fourth-order valence-corrected chi connectivity index (χ4v) is 4.72. The SMILES string of the molecule is C#CCNC.CCl.Cc1ccc([C@H]2CCNC2COCCCC(/C=C(\N)c2ccc(C=O)cc2)=C(/N)c2ncccn2)cc1. The number of allylic oxidation sites excluding steroid dienone is 2. The summed E-state index contributed by atoms with van der Waals surface area (Å²) in [5.41, 5.74) is 18.8. The van der Waals surface area contributed by atoms with Gasteiger partial charge in [-0.2, -0.15) is 0 Å². The molecule has 44 heavy (non-hydrogen) atoms. The molecule has 2 atom stereocenters. The highest BCUT2D eigenvalue weighted by atomic mass is 35.5. The van der Waals surface area contributed by atoms with Crippen LogP contribution in [0.3, 0.4) is 0 Å². The molecule has 6 N–H and O–H groups in total. The van der Waals surface area contributed by atoms with Gasteiger partial charge in [-0.05, 0) is 68.6 Å². The lowest BCUT2D eigenvalue weighted by Crippen LogP contribution is -2.31. The molecule has 8 nitrogen and oxygen atoms in total. The molecule has 1 aromatic heterocycles. The van der Waals surface area contributed by atoms with Gasteiger partial charge in [-0.1, -0.05) is 60.0 Å². The van der Waals surface area contributed by atoms with E-state index in [9.17, 15) is 4.79 Å². The van der Waals surface area contributed by atoms with E-state index in [2.05, 4.69) is 69.3 Å². The zero-order valence-corrected chi connectivity index (χ0v) is 26.7. The zero-order chi connectivity index (χ0) is 32.2. The fraction of sp³-hybridized carbons (Fsp3) is 0.343. The van der Waals surface area contributed by atoms with E-state index in [-0.39, 0.29) is 0 Å². The van der Waals surface area contributed by atoms with Gasteiger partial charge in [-0.15, -0.1) is 18.0 Å². The maximum atomic E-state index is 11.0. The number of aromatic nitrogens is 2. The van der Waals surface area contributed by atoms with Crippen LogP contribution < -0.4 is 22.1 Å². The molecule has 2 aromatic carbocycles. The third kappa shape index (κ3) is 11.9. The maximum absolute atomic E-state index is 11.0. The summed E-state index contributed by atoms with van der Waals surface area (Å²) < 4.78 is 6.10. The number of halogens is 1. The van der Waals surface area contributed by atoms with Crippen molar-refractivity contribution in [2.45, 2.75) is 38.1 Å². The van der Waals surface area contributed by atoms with E-state index in [1.165, 1.54) is 17.5 Å². The minimum Gasteiger partial charge on any atom is -0.398 e. The number of alkyl halides is 1. The quantitative estimate of drug-likeness (QED) is 0.0743. The molecule has 9 heteroatoms. The predicted octanol–water partition coefficient (Wildman–Crippen LogP) is 4.90. The first-order chi connectivity index (χ1) is 21.5. The number of nitrogens with one attached hydrogen (secondary N) is 2. The van der Waals surface area contributed by atoms with Gasteiger partial charge in [0.05, 0.1) is 18.8 Å². The first kappa shape index (κ1) is 36.2. The van der Waals surface area contributed by atoms with Crippen molar-refractivity contribution >= 4 is 29.3 Å². The smallest absolute Gasteiger partial charge is 0.175 e. The molecule has 2 heterocycles. The van der Waals surface area contributed by atoms with Crippen molar-refractivity contribution in [2.24, 2.45) is 11.5 Å². The molecule has 0 amide bonds. The van der Waals surface area contributed by atoms with Crippen molar-refractivity contribution in [1.29, 1.82) is 0 Å². The summed E-state index contributed by atoms with van der Waals surface area (Å²) in [5, 5.41) is 6.37. The van der Waals surface area contributed by atoms with E-state index in [4.69, 9.17) is 22.6 Å². The third-order valence-corrected chi connectivity index (χ3v) is 7.03. The number of hydrogen-bond acceptors (Lipinski definition) is 8. The van der Waals surface area contributed by atoms with E-state index in [1.54, 1.807) is 30.6 Å². The van der Waals surface area contributed by atoms with Crippen LogP contribution in [0.1, 0.15) is 58.1 Å². The number of aldehydes is 1. The Balaban J connectivity index is 0.000000876. The second-order valence-electron chi connectivity index (χ2n) is 10.1. The number of benzene rings is 2. The van der Waals surface area contributed by atoms with Gasteiger partial charge >= 0.3 is 0 Å². The van der Waals surface area contributed by atoms with Crippen LogP contribution in [0.15, 0.2) is 78.6 Å². The van der Waals surface area contributed by atoms with Crippen molar-refractivity contribution < 1.29 is 9.53 Å². The molecule has 0 radical (unpaired) electrons. The van der Waals surface area contributed by atoms with E-state index in [1.807, 2.05) is 25.3 Å². The molecule has 1 aliphatic heterocycles. The fourth-order valence-electron chi connectivity index (χ4n) is 4.72. The Morgan fingerprint density at radius 1 is 1.14 bits per heavy atom. The summed E-state index contributed by atoms with van der Waals surface area (Å²) in [5.74, 6) is 3.34.